The zero-order valence-electron chi connectivity index (χ0n) is 34.3. The third-order valence-corrected chi connectivity index (χ3v) is 9.41. The van der Waals surface area contributed by atoms with Gasteiger partial charge in [-0.2, -0.15) is 0 Å². The van der Waals surface area contributed by atoms with E-state index in [9.17, 15) is 14.4 Å². The van der Waals surface area contributed by atoms with Crippen LogP contribution in [-0.2, 0) is 33.3 Å². The van der Waals surface area contributed by atoms with Crippen molar-refractivity contribution in [1.82, 2.24) is 10.6 Å². The minimum absolute atomic E-state index is 0.130. The molecule has 0 heterocycles. The molecule has 1 fully saturated rings. The number of benzene rings is 3. The van der Waals surface area contributed by atoms with E-state index in [0.29, 0.717) is 13.0 Å². The maximum atomic E-state index is 11.9. The molecule has 0 bridgehead atoms. The van der Waals surface area contributed by atoms with Crippen molar-refractivity contribution in [3.63, 3.8) is 0 Å². The lowest BCUT2D eigenvalue weighted by molar-refractivity contribution is -0.158. The van der Waals surface area contributed by atoms with Crippen LogP contribution in [0.25, 0.3) is 0 Å². The van der Waals surface area contributed by atoms with Crippen LogP contribution in [0.15, 0.2) is 115 Å². The number of hydrogen-bond acceptors (Lipinski definition) is 9. The summed E-state index contributed by atoms with van der Waals surface area (Å²) in [6, 6.07) is 31.6. The van der Waals surface area contributed by atoms with Crippen LogP contribution in [0.4, 0.5) is 0 Å². The number of carbonyl (C=O) groups excluding carboxylic acids is 3. The fraction of sp³-hybridized carbons (Fsp3) is 0.444. The molecule has 9 nitrogen and oxygen atoms in total. The van der Waals surface area contributed by atoms with Crippen LogP contribution in [-0.4, -0.2) is 61.5 Å². The number of carbonyl (C=O) groups is 3. The summed E-state index contributed by atoms with van der Waals surface area (Å²) in [6.07, 6.45) is 6.27. The lowest BCUT2D eigenvalue weighted by atomic mass is 9.84. The fourth-order valence-corrected chi connectivity index (χ4v) is 6.74. The van der Waals surface area contributed by atoms with Gasteiger partial charge in [0.05, 0.1) is 30.6 Å². The molecule has 0 spiro atoms. The van der Waals surface area contributed by atoms with Crippen molar-refractivity contribution < 1.29 is 28.6 Å². The van der Waals surface area contributed by atoms with Crippen molar-refractivity contribution in [2.45, 2.75) is 109 Å². The summed E-state index contributed by atoms with van der Waals surface area (Å²) < 4.78 is 15.3. The number of hydrogen-bond donors (Lipinski definition) is 3. The molecule has 4 N–H and O–H groups in total. The van der Waals surface area contributed by atoms with E-state index in [4.69, 9.17) is 19.9 Å². The van der Waals surface area contributed by atoms with Gasteiger partial charge in [0.15, 0.2) is 0 Å². The number of nitrogens with one attached hydrogen (secondary N) is 2. The van der Waals surface area contributed by atoms with Crippen molar-refractivity contribution in [3.8, 4) is 0 Å². The molecule has 1 amide bonds. The first-order valence-corrected chi connectivity index (χ1v) is 20.0. The predicted octanol–water partition coefficient (Wildman–Crippen LogP) is 8.43. The Bertz CT molecular complexity index is 1550. The lowest BCUT2D eigenvalue weighted by Crippen LogP contribution is -2.42. The molecule has 0 saturated heterocycles. The fourth-order valence-electron chi connectivity index (χ4n) is 5.63. The maximum Gasteiger partial charge on any atom is 0.328 e. The molecule has 1 aliphatic carbocycles. The van der Waals surface area contributed by atoms with Crippen molar-refractivity contribution in [3.05, 3.63) is 131 Å². The van der Waals surface area contributed by atoms with Crippen LogP contribution in [0.2, 0.25) is 0 Å². The second-order valence-electron chi connectivity index (χ2n) is 15.3. The molecular formula is C45H63N3O6S. The summed E-state index contributed by atoms with van der Waals surface area (Å²) in [7, 11) is 1.26. The highest BCUT2D eigenvalue weighted by Gasteiger charge is 2.35. The molecule has 2 unspecified atom stereocenters. The molecule has 0 aliphatic heterocycles. The topological polar surface area (TPSA) is 129 Å². The number of methoxy groups -OCH3 is 1. The van der Waals surface area contributed by atoms with Crippen molar-refractivity contribution in [2.75, 3.05) is 19.9 Å². The van der Waals surface area contributed by atoms with Gasteiger partial charge < -0.3 is 30.6 Å². The van der Waals surface area contributed by atoms with Crippen LogP contribution < -0.4 is 16.4 Å². The van der Waals surface area contributed by atoms with E-state index in [0.717, 1.165) is 42.7 Å². The third-order valence-electron chi connectivity index (χ3n) is 8.09. The highest BCUT2D eigenvalue weighted by molar-refractivity contribution is 8.00. The Morgan fingerprint density at radius 3 is 1.64 bits per heavy atom. The van der Waals surface area contributed by atoms with Crippen LogP contribution in [0.1, 0.15) is 97.3 Å². The molecule has 4 rings (SSSR count). The van der Waals surface area contributed by atoms with Gasteiger partial charge in [-0.1, -0.05) is 97.6 Å². The van der Waals surface area contributed by atoms with Crippen LogP contribution in [0.5, 0.6) is 0 Å². The first-order valence-electron chi connectivity index (χ1n) is 18.7. The third kappa shape index (κ3) is 17.2. The van der Waals surface area contributed by atoms with E-state index in [1.54, 1.807) is 20.8 Å². The standard InChI is InChI=1S/C20H18S.C15H24N2O5.C10H21NO/c1-21-20(17-11-5-2-6-12-17,18-13-7-3-8-14-18)19-15-9-4-10-16-19;1-15(2,3)22-13(19)7-11(14(20)21-4)17-12(8-16-9-18)10-5-6-10;1-8(11)6-7-9(2)12-10(3,4)5/h2-16H,1H3;9,11,17H,5-8H2,1-4H3,(H,16,18);8H,2,6-7,11H2,1,3-5H3. The van der Waals surface area contributed by atoms with Gasteiger partial charge in [0, 0.05) is 18.2 Å². The normalized spacial score (nSPS) is 13.2. The summed E-state index contributed by atoms with van der Waals surface area (Å²) in [5.74, 6) is -0.200. The van der Waals surface area contributed by atoms with Crippen LogP contribution >= 0.6 is 11.8 Å². The van der Waals surface area contributed by atoms with Gasteiger partial charge >= 0.3 is 11.9 Å². The number of amides is 1. The minimum Gasteiger partial charge on any atom is -0.493 e. The summed E-state index contributed by atoms with van der Waals surface area (Å²) in [5.41, 5.74) is 10.7. The largest absolute Gasteiger partial charge is 0.493 e. The second kappa shape index (κ2) is 22.7. The molecular weight excluding hydrogens is 711 g/mol. The zero-order valence-corrected chi connectivity index (χ0v) is 35.1. The van der Waals surface area contributed by atoms with Crippen molar-refractivity contribution in [2.24, 2.45) is 5.73 Å². The van der Waals surface area contributed by atoms with E-state index in [1.165, 1.54) is 23.8 Å². The number of rotatable bonds is 16. The highest BCUT2D eigenvalue weighted by Crippen LogP contribution is 2.47. The van der Waals surface area contributed by atoms with E-state index in [2.05, 4.69) is 114 Å². The predicted molar refractivity (Wildman–Crippen MR) is 225 cm³/mol. The van der Waals surface area contributed by atoms with Gasteiger partial charge in [0.2, 0.25) is 6.41 Å². The summed E-state index contributed by atoms with van der Waals surface area (Å²) in [5, 5.41) is 5.56. The number of thioether (sulfide) groups is 1. The molecule has 0 aromatic heterocycles. The van der Waals surface area contributed by atoms with Gasteiger partial charge in [-0.25, -0.2) is 4.79 Å². The average Bonchev–Trinajstić information content (AvgIpc) is 3.99. The molecule has 2 atom stereocenters. The zero-order chi connectivity index (χ0) is 41.1. The quantitative estimate of drug-likeness (QED) is 0.0569. The number of allylic oxidation sites excluding steroid dienone is 2. The highest BCUT2D eigenvalue weighted by atomic mass is 32.2. The SMILES string of the molecule is C=C(CCC(C)N)OC(C)(C)C.COC(=O)C(CC(=O)OC(C)(C)C)NC(CNC=O)=C1CC1.CSC(c1ccccc1)(c1ccccc1)c1ccccc1. The monoisotopic (exact) mass is 773 g/mol. The van der Waals surface area contributed by atoms with Gasteiger partial charge in [-0.05, 0) is 96.2 Å². The van der Waals surface area contributed by atoms with E-state index < -0.39 is 23.6 Å². The molecule has 300 valence electrons. The number of esters is 2. The van der Waals surface area contributed by atoms with Crippen molar-refractivity contribution >= 4 is 30.1 Å². The molecule has 1 aliphatic rings. The number of ether oxygens (including phenoxy) is 3. The smallest absolute Gasteiger partial charge is 0.328 e. The minimum atomic E-state index is -0.837. The Balaban J connectivity index is 0.000000298. The van der Waals surface area contributed by atoms with E-state index in [-0.39, 0.29) is 22.8 Å². The van der Waals surface area contributed by atoms with Crippen molar-refractivity contribution in [1.29, 1.82) is 0 Å². The van der Waals surface area contributed by atoms with Gasteiger partial charge in [-0.15, -0.1) is 11.8 Å². The summed E-state index contributed by atoms with van der Waals surface area (Å²) >= 11 is 1.88. The Morgan fingerprint density at radius 2 is 1.29 bits per heavy atom. The maximum absolute atomic E-state index is 11.9. The first-order chi connectivity index (χ1) is 25.9. The average molecular weight is 774 g/mol. The van der Waals surface area contributed by atoms with Gasteiger partial charge in [0.1, 0.15) is 17.2 Å². The molecule has 3 aromatic rings. The molecule has 55 heavy (non-hydrogen) atoms. The molecule has 0 radical (unpaired) electrons. The second-order valence-corrected chi connectivity index (χ2v) is 16.4. The summed E-state index contributed by atoms with van der Waals surface area (Å²) in [6.45, 7) is 17.5. The molecule has 10 heteroatoms. The van der Waals surface area contributed by atoms with E-state index >= 15 is 0 Å². The van der Waals surface area contributed by atoms with Gasteiger partial charge in [-0.3, -0.25) is 9.59 Å². The Kier molecular flexibility index (Phi) is 19.3. The van der Waals surface area contributed by atoms with Crippen LogP contribution in [0, 0.1) is 0 Å². The Hall–Kier alpha value is -4.54. The van der Waals surface area contributed by atoms with Gasteiger partial charge in [0.25, 0.3) is 0 Å². The number of nitrogens with two attached hydrogens (primary N) is 1. The van der Waals surface area contributed by atoms with Crippen LogP contribution in [0.3, 0.4) is 0 Å². The summed E-state index contributed by atoms with van der Waals surface area (Å²) in [4.78, 5) is 34.2. The molecule has 3 aromatic carbocycles. The lowest BCUT2D eigenvalue weighted by Gasteiger charge is -2.34. The Labute approximate surface area is 333 Å². The Morgan fingerprint density at radius 1 is 0.836 bits per heavy atom. The first kappa shape index (κ1) is 46.6. The molecule has 1 saturated carbocycles. The van der Waals surface area contributed by atoms with E-state index in [1.807, 2.05) is 39.5 Å².